The van der Waals surface area contributed by atoms with Crippen LogP contribution in [0.4, 0.5) is 10.1 Å². The highest BCUT2D eigenvalue weighted by Gasteiger charge is 2.26. The number of ether oxygens (including phenoxy) is 1. The first-order valence-electron chi connectivity index (χ1n) is 9.97. The second kappa shape index (κ2) is 8.11. The molecule has 1 aliphatic rings. The first-order chi connectivity index (χ1) is 14.1. The fraction of sp³-hybridized carbons (Fsp3) is 0.292. The Kier molecular flexibility index (Phi) is 5.38. The molecule has 1 amide bonds. The summed E-state index contributed by atoms with van der Waals surface area (Å²) < 4.78 is 21.0. The van der Waals surface area contributed by atoms with E-state index < -0.39 is 0 Å². The molecule has 0 fully saturated rings. The molecule has 0 atom stereocenters. The molecular formula is C24H25FN2O2. The number of rotatable bonds is 5. The Labute approximate surface area is 170 Å². The van der Waals surface area contributed by atoms with Gasteiger partial charge in [-0.3, -0.25) is 4.79 Å². The minimum Gasteiger partial charge on any atom is -0.497 e. The van der Waals surface area contributed by atoms with Gasteiger partial charge in [-0.2, -0.15) is 0 Å². The highest BCUT2D eigenvalue weighted by molar-refractivity contribution is 6.04. The normalized spacial score (nSPS) is 13.1. The van der Waals surface area contributed by atoms with Crippen LogP contribution in [-0.4, -0.2) is 17.6 Å². The summed E-state index contributed by atoms with van der Waals surface area (Å²) in [5.41, 5.74) is 5.74. The molecule has 3 aromatic rings. The Balaban J connectivity index is 1.74. The summed E-state index contributed by atoms with van der Waals surface area (Å²) in [6.07, 6.45) is 4.22. The van der Waals surface area contributed by atoms with Gasteiger partial charge in [-0.1, -0.05) is 18.2 Å². The molecule has 1 heterocycles. The van der Waals surface area contributed by atoms with Gasteiger partial charge in [0, 0.05) is 17.9 Å². The topological polar surface area (TPSA) is 43.3 Å². The van der Waals surface area contributed by atoms with Crippen molar-refractivity contribution in [3.05, 3.63) is 82.4 Å². The van der Waals surface area contributed by atoms with Gasteiger partial charge >= 0.3 is 0 Å². The number of carbonyl (C=O) groups is 1. The molecule has 0 saturated heterocycles. The number of nitrogens with zero attached hydrogens (tertiary/aromatic N) is 1. The van der Waals surface area contributed by atoms with E-state index in [1.165, 1.54) is 23.4 Å². The molecule has 0 spiro atoms. The summed E-state index contributed by atoms with van der Waals surface area (Å²) in [7, 11) is 1.65. The van der Waals surface area contributed by atoms with E-state index in [0.717, 1.165) is 42.6 Å². The third-order valence-electron chi connectivity index (χ3n) is 5.61. The fourth-order valence-corrected chi connectivity index (χ4v) is 4.25. The lowest BCUT2D eigenvalue weighted by Crippen LogP contribution is -2.20. The zero-order valence-electron chi connectivity index (χ0n) is 16.8. The summed E-state index contributed by atoms with van der Waals surface area (Å²) in [6, 6.07) is 13.9. The Hall–Kier alpha value is -3.08. The van der Waals surface area contributed by atoms with Crippen LogP contribution in [0.3, 0.4) is 0 Å². The second-order valence-electron chi connectivity index (χ2n) is 7.51. The van der Waals surface area contributed by atoms with E-state index >= 15 is 0 Å². The predicted octanol–water partition coefficient (Wildman–Crippen LogP) is 5.12. The Morgan fingerprint density at radius 3 is 2.72 bits per heavy atom. The van der Waals surface area contributed by atoms with Crippen LogP contribution in [0, 0.1) is 12.7 Å². The van der Waals surface area contributed by atoms with Gasteiger partial charge in [0.1, 0.15) is 17.3 Å². The van der Waals surface area contributed by atoms with E-state index in [1.807, 2.05) is 31.2 Å². The highest BCUT2D eigenvalue weighted by Crippen LogP contribution is 2.31. The van der Waals surface area contributed by atoms with E-state index in [4.69, 9.17) is 4.74 Å². The van der Waals surface area contributed by atoms with Crippen molar-refractivity contribution in [1.29, 1.82) is 0 Å². The smallest absolute Gasteiger partial charge is 0.272 e. The van der Waals surface area contributed by atoms with Crippen LogP contribution in [0.5, 0.6) is 5.75 Å². The van der Waals surface area contributed by atoms with E-state index in [1.54, 1.807) is 19.2 Å². The van der Waals surface area contributed by atoms with E-state index in [2.05, 4.69) is 9.88 Å². The van der Waals surface area contributed by atoms with Crippen molar-refractivity contribution in [3.8, 4) is 5.75 Å². The maximum Gasteiger partial charge on any atom is 0.272 e. The van der Waals surface area contributed by atoms with E-state index in [-0.39, 0.29) is 11.7 Å². The minimum atomic E-state index is -0.370. The SMILES string of the molecule is COc1cccc(Cn2c3c(c(C)c2C(=O)Nc2cccc(F)c2)CCCC3)c1. The first-order valence-corrected chi connectivity index (χ1v) is 9.97. The zero-order chi connectivity index (χ0) is 20.4. The van der Waals surface area contributed by atoms with Crippen molar-refractivity contribution < 1.29 is 13.9 Å². The predicted molar refractivity (Wildman–Crippen MR) is 112 cm³/mol. The van der Waals surface area contributed by atoms with Gasteiger partial charge in [0.15, 0.2) is 0 Å². The van der Waals surface area contributed by atoms with Crippen molar-refractivity contribution in [2.45, 2.75) is 39.2 Å². The molecule has 1 aromatic heterocycles. The van der Waals surface area contributed by atoms with Crippen molar-refractivity contribution in [3.63, 3.8) is 0 Å². The summed E-state index contributed by atoms with van der Waals surface area (Å²) in [4.78, 5) is 13.2. The van der Waals surface area contributed by atoms with Gasteiger partial charge in [-0.05, 0) is 79.6 Å². The summed E-state index contributed by atoms with van der Waals surface area (Å²) >= 11 is 0. The zero-order valence-corrected chi connectivity index (χ0v) is 16.8. The first kappa shape index (κ1) is 19.2. The number of aromatic nitrogens is 1. The van der Waals surface area contributed by atoms with E-state index in [0.29, 0.717) is 17.9 Å². The summed E-state index contributed by atoms with van der Waals surface area (Å²) in [5, 5.41) is 2.87. The number of carbonyl (C=O) groups excluding carboxylic acids is 1. The van der Waals surface area contributed by atoms with E-state index in [9.17, 15) is 9.18 Å². The van der Waals surface area contributed by atoms with Gasteiger partial charge in [0.2, 0.25) is 0 Å². The largest absolute Gasteiger partial charge is 0.497 e. The van der Waals surface area contributed by atoms with Crippen molar-refractivity contribution >= 4 is 11.6 Å². The lowest BCUT2D eigenvalue weighted by molar-refractivity contribution is 0.101. The molecule has 0 radical (unpaired) electrons. The second-order valence-corrected chi connectivity index (χ2v) is 7.51. The third kappa shape index (κ3) is 3.90. The molecule has 5 heteroatoms. The standard InChI is InChI=1S/C24H25FN2O2/c1-16-21-11-3-4-12-22(21)27(15-17-7-5-10-20(13-17)29-2)23(16)24(28)26-19-9-6-8-18(25)14-19/h5-10,13-14H,3-4,11-12,15H2,1-2H3,(H,26,28). The molecular weight excluding hydrogens is 367 g/mol. The number of hydrogen-bond acceptors (Lipinski definition) is 2. The molecule has 29 heavy (non-hydrogen) atoms. The van der Waals surface area contributed by atoms with Crippen molar-refractivity contribution in [2.75, 3.05) is 12.4 Å². The monoisotopic (exact) mass is 392 g/mol. The van der Waals surface area contributed by atoms with Crippen LogP contribution in [0.1, 0.15) is 45.7 Å². The molecule has 2 aromatic carbocycles. The fourth-order valence-electron chi connectivity index (χ4n) is 4.25. The lowest BCUT2D eigenvalue weighted by Gasteiger charge is -2.17. The number of methoxy groups -OCH3 is 1. The molecule has 0 saturated carbocycles. The quantitative estimate of drug-likeness (QED) is 0.655. The van der Waals surface area contributed by atoms with Crippen LogP contribution in [0.2, 0.25) is 0 Å². The van der Waals surface area contributed by atoms with Crippen molar-refractivity contribution in [2.24, 2.45) is 0 Å². The Morgan fingerprint density at radius 1 is 1.14 bits per heavy atom. The lowest BCUT2D eigenvalue weighted by atomic mass is 9.95. The summed E-state index contributed by atoms with van der Waals surface area (Å²) in [6.45, 7) is 2.62. The molecule has 150 valence electrons. The molecule has 4 nitrogen and oxygen atoms in total. The van der Waals surface area contributed by atoms with Crippen LogP contribution < -0.4 is 10.1 Å². The van der Waals surface area contributed by atoms with Gasteiger partial charge in [-0.15, -0.1) is 0 Å². The molecule has 0 bridgehead atoms. The van der Waals surface area contributed by atoms with Crippen LogP contribution >= 0.6 is 0 Å². The molecule has 4 rings (SSSR count). The van der Waals surface area contributed by atoms with Crippen molar-refractivity contribution in [1.82, 2.24) is 4.57 Å². The van der Waals surface area contributed by atoms with Crippen LogP contribution in [0.25, 0.3) is 0 Å². The number of halogens is 1. The number of fused-ring (bicyclic) bond motifs is 1. The Morgan fingerprint density at radius 2 is 1.93 bits per heavy atom. The average molecular weight is 392 g/mol. The maximum atomic E-state index is 13.6. The number of anilines is 1. The van der Waals surface area contributed by atoms with Crippen LogP contribution in [0.15, 0.2) is 48.5 Å². The highest BCUT2D eigenvalue weighted by atomic mass is 19.1. The minimum absolute atomic E-state index is 0.203. The third-order valence-corrected chi connectivity index (χ3v) is 5.61. The maximum absolute atomic E-state index is 13.6. The average Bonchev–Trinajstić information content (AvgIpc) is 3.00. The molecule has 0 aliphatic heterocycles. The molecule has 0 unspecified atom stereocenters. The number of hydrogen-bond donors (Lipinski definition) is 1. The summed E-state index contributed by atoms with van der Waals surface area (Å²) in [5.74, 6) is 0.224. The van der Waals surface area contributed by atoms with Gasteiger partial charge < -0.3 is 14.6 Å². The number of benzene rings is 2. The molecule has 1 N–H and O–H groups in total. The molecule has 1 aliphatic carbocycles. The van der Waals surface area contributed by atoms with Gasteiger partial charge in [-0.25, -0.2) is 4.39 Å². The Bertz CT molecular complexity index is 1060. The van der Waals surface area contributed by atoms with Gasteiger partial charge in [0.25, 0.3) is 5.91 Å². The number of amides is 1. The number of nitrogens with one attached hydrogen (secondary N) is 1. The van der Waals surface area contributed by atoms with Crippen LogP contribution in [-0.2, 0) is 19.4 Å². The van der Waals surface area contributed by atoms with Gasteiger partial charge in [0.05, 0.1) is 7.11 Å².